The highest BCUT2D eigenvalue weighted by Crippen LogP contribution is 1.97. The van der Waals surface area contributed by atoms with Crippen molar-refractivity contribution in [3.05, 3.63) is 36.5 Å². The predicted octanol–water partition coefficient (Wildman–Crippen LogP) is 3.08. The molecule has 0 spiro atoms. The molecule has 0 saturated heterocycles. The fourth-order valence-electron chi connectivity index (χ4n) is 0.421. The van der Waals surface area contributed by atoms with E-state index in [-0.39, 0.29) is 0 Å². The van der Waals surface area contributed by atoms with Crippen LogP contribution in [0.4, 0.5) is 0 Å². The minimum atomic E-state index is 1.04. The van der Waals surface area contributed by atoms with Gasteiger partial charge in [0.25, 0.3) is 0 Å². The Bertz CT molecular complexity index is 127. The molecule has 0 amide bonds. The third-order valence-electron chi connectivity index (χ3n) is 1.09. The fourth-order valence-corrected chi connectivity index (χ4v) is 0.421. The van der Waals surface area contributed by atoms with E-state index in [4.69, 9.17) is 0 Å². The molecule has 9 heavy (non-hydrogen) atoms. The van der Waals surface area contributed by atoms with Crippen LogP contribution in [0, 0.1) is 0 Å². The maximum Gasteiger partial charge on any atom is -0.0313 e. The molecule has 0 atom stereocenters. The summed E-state index contributed by atoms with van der Waals surface area (Å²) in [5, 5.41) is 0. The van der Waals surface area contributed by atoms with Crippen LogP contribution in [0.2, 0.25) is 0 Å². The highest BCUT2D eigenvalue weighted by molar-refractivity contribution is 5.18. The van der Waals surface area contributed by atoms with Gasteiger partial charge in [-0.1, -0.05) is 43.4 Å². The van der Waals surface area contributed by atoms with Gasteiger partial charge in [-0.15, -0.1) is 0 Å². The first kappa shape index (κ1) is 8.22. The molecule has 0 rings (SSSR count). The zero-order valence-corrected chi connectivity index (χ0v) is 6.22. The van der Waals surface area contributed by atoms with Crippen LogP contribution >= 0.6 is 0 Å². The van der Waals surface area contributed by atoms with Crippen LogP contribution < -0.4 is 0 Å². The highest BCUT2D eigenvalue weighted by Gasteiger charge is 1.76. The van der Waals surface area contributed by atoms with Crippen LogP contribution in [0.3, 0.4) is 0 Å². The summed E-state index contributed by atoms with van der Waals surface area (Å²) in [6, 6.07) is 0. The first-order valence-electron chi connectivity index (χ1n) is 3.28. The monoisotopic (exact) mass is 122 g/mol. The number of hydrogen-bond acceptors (Lipinski definition) is 0. The van der Waals surface area contributed by atoms with E-state index >= 15 is 0 Å². The van der Waals surface area contributed by atoms with Crippen molar-refractivity contribution >= 4 is 0 Å². The van der Waals surface area contributed by atoms with Crippen molar-refractivity contribution in [3.8, 4) is 0 Å². The van der Waals surface area contributed by atoms with Crippen molar-refractivity contribution in [2.24, 2.45) is 0 Å². The van der Waals surface area contributed by atoms with E-state index in [9.17, 15) is 0 Å². The van der Waals surface area contributed by atoms with Gasteiger partial charge < -0.3 is 0 Å². The highest BCUT2D eigenvalue weighted by atomic mass is 13.8. The lowest BCUT2D eigenvalue weighted by Gasteiger charge is -1.86. The molecule has 50 valence electrons. The topological polar surface area (TPSA) is 0 Å². The molecule has 0 aromatic carbocycles. The summed E-state index contributed by atoms with van der Waals surface area (Å²) in [7, 11) is 0. The molecule has 0 heterocycles. The van der Waals surface area contributed by atoms with E-state index < -0.39 is 0 Å². The van der Waals surface area contributed by atoms with E-state index in [0.717, 1.165) is 6.42 Å². The molecule has 0 aliphatic rings. The Balaban J connectivity index is 3.57. The van der Waals surface area contributed by atoms with Crippen LogP contribution in [0.5, 0.6) is 0 Å². The second-order valence-electron chi connectivity index (χ2n) is 1.90. The molecule has 0 nitrogen and oxygen atoms in total. The Kier molecular flexibility index (Phi) is 4.89. The molecule has 0 heteroatoms. The molecule has 0 saturated carbocycles. The summed E-state index contributed by atoms with van der Waals surface area (Å²) in [6.45, 7) is 7.92. The molecule has 0 aliphatic heterocycles. The molecular formula is C9H14. The molecule has 0 aromatic heterocycles. The Labute approximate surface area is 57.6 Å². The number of hydrogen-bond donors (Lipinski definition) is 0. The van der Waals surface area contributed by atoms with E-state index in [2.05, 4.69) is 13.5 Å². The Morgan fingerprint density at radius 2 is 2.11 bits per heavy atom. The first-order valence-corrected chi connectivity index (χ1v) is 3.28. The second-order valence-corrected chi connectivity index (χ2v) is 1.90. The van der Waals surface area contributed by atoms with Crippen LogP contribution in [0.1, 0.15) is 20.3 Å². The molecule has 0 N–H and O–H groups in total. The minimum Gasteiger partial charge on any atom is -0.0958 e. The van der Waals surface area contributed by atoms with Crippen molar-refractivity contribution < 1.29 is 0 Å². The summed E-state index contributed by atoms with van der Waals surface area (Å²) < 4.78 is 0. The fraction of sp³-hybridized carbons (Fsp3) is 0.333. The molecule has 0 fully saturated rings. The predicted molar refractivity (Wildman–Crippen MR) is 43.4 cm³/mol. The van der Waals surface area contributed by atoms with E-state index in [1.807, 2.05) is 31.2 Å². The lowest BCUT2D eigenvalue weighted by Crippen LogP contribution is -1.66. The van der Waals surface area contributed by atoms with Crippen molar-refractivity contribution in [2.75, 3.05) is 0 Å². The zero-order chi connectivity index (χ0) is 7.11. The molecule has 0 aromatic rings. The quantitative estimate of drug-likeness (QED) is 0.504. The maximum absolute atomic E-state index is 3.82. The average Bonchev–Trinajstić information content (AvgIpc) is 1.89. The number of allylic oxidation sites excluding steroid dienone is 5. The average molecular weight is 122 g/mol. The third kappa shape index (κ3) is 5.09. The van der Waals surface area contributed by atoms with Crippen molar-refractivity contribution in [3.63, 3.8) is 0 Å². The van der Waals surface area contributed by atoms with Gasteiger partial charge in [0.1, 0.15) is 0 Å². The van der Waals surface area contributed by atoms with Crippen molar-refractivity contribution in [1.82, 2.24) is 0 Å². The SMILES string of the molecule is C=C(C=CC=CC)CC. The third-order valence-corrected chi connectivity index (χ3v) is 1.09. The summed E-state index contributed by atoms with van der Waals surface area (Å²) in [4.78, 5) is 0. The van der Waals surface area contributed by atoms with Gasteiger partial charge in [-0.25, -0.2) is 0 Å². The molecular weight excluding hydrogens is 108 g/mol. The summed E-state index contributed by atoms with van der Waals surface area (Å²) in [6.07, 6.45) is 9.07. The Morgan fingerprint density at radius 1 is 1.44 bits per heavy atom. The molecule has 0 unspecified atom stereocenters. The number of rotatable bonds is 3. The lowest BCUT2D eigenvalue weighted by atomic mass is 10.2. The van der Waals surface area contributed by atoms with Crippen molar-refractivity contribution in [1.29, 1.82) is 0 Å². The van der Waals surface area contributed by atoms with Crippen LogP contribution in [-0.4, -0.2) is 0 Å². The Hall–Kier alpha value is -0.780. The normalized spacial score (nSPS) is 11.3. The van der Waals surface area contributed by atoms with Crippen molar-refractivity contribution in [2.45, 2.75) is 20.3 Å². The Morgan fingerprint density at radius 3 is 2.56 bits per heavy atom. The maximum atomic E-state index is 3.82. The summed E-state index contributed by atoms with van der Waals surface area (Å²) in [5.74, 6) is 0. The van der Waals surface area contributed by atoms with Gasteiger partial charge in [-0.3, -0.25) is 0 Å². The van der Waals surface area contributed by atoms with Gasteiger partial charge in [-0.2, -0.15) is 0 Å². The van der Waals surface area contributed by atoms with Crippen LogP contribution in [-0.2, 0) is 0 Å². The lowest BCUT2D eigenvalue weighted by molar-refractivity contribution is 1.16. The summed E-state index contributed by atoms with van der Waals surface area (Å²) in [5.41, 5.74) is 1.17. The van der Waals surface area contributed by atoms with Gasteiger partial charge in [0, 0.05) is 0 Å². The zero-order valence-electron chi connectivity index (χ0n) is 6.22. The molecule has 0 aliphatic carbocycles. The standard InChI is InChI=1S/C9H14/c1-4-6-7-8-9(3)5-2/h4,6-8H,3,5H2,1-2H3. The van der Waals surface area contributed by atoms with Gasteiger partial charge >= 0.3 is 0 Å². The molecule has 0 radical (unpaired) electrons. The van der Waals surface area contributed by atoms with E-state index in [1.165, 1.54) is 5.57 Å². The summed E-state index contributed by atoms with van der Waals surface area (Å²) >= 11 is 0. The minimum absolute atomic E-state index is 1.04. The van der Waals surface area contributed by atoms with E-state index in [1.54, 1.807) is 0 Å². The van der Waals surface area contributed by atoms with Gasteiger partial charge in [0.15, 0.2) is 0 Å². The smallest absolute Gasteiger partial charge is 0.0313 e. The largest absolute Gasteiger partial charge is 0.0958 e. The van der Waals surface area contributed by atoms with Gasteiger partial charge in [0.05, 0.1) is 0 Å². The van der Waals surface area contributed by atoms with Gasteiger partial charge in [-0.05, 0) is 13.3 Å². The molecule has 0 bridgehead atoms. The van der Waals surface area contributed by atoms with E-state index in [0.29, 0.717) is 0 Å². The van der Waals surface area contributed by atoms with Crippen LogP contribution in [0.25, 0.3) is 0 Å². The first-order chi connectivity index (χ1) is 4.31. The van der Waals surface area contributed by atoms with Gasteiger partial charge in [0.2, 0.25) is 0 Å². The second kappa shape index (κ2) is 5.36. The van der Waals surface area contributed by atoms with Crippen LogP contribution in [0.15, 0.2) is 36.5 Å².